The highest BCUT2D eigenvalue weighted by Crippen LogP contribution is 2.31. The normalized spacial score (nSPS) is 15.4. The summed E-state index contributed by atoms with van der Waals surface area (Å²) in [5, 5.41) is 12.0. The van der Waals surface area contributed by atoms with Gasteiger partial charge in [0.1, 0.15) is 4.83 Å². The van der Waals surface area contributed by atoms with E-state index in [-0.39, 0.29) is 5.91 Å². The van der Waals surface area contributed by atoms with Gasteiger partial charge in [-0.25, -0.2) is 0 Å². The maximum atomic E-state index is 12.4. The van der Waals surface area contributed by atoms with Gasteiger partial charge in [-0.05, 0) is 24.9 Å². The number of nitrogens with zero attached hydrogens (tertiary/aromatic N) is 2. The van der Waals surface area contributed by atoms with Gasteiger partial charge in [0.05, 0.1) is 10.6 Å². The highest BCUT2D eigenvalue weighted by Gasteiger charge is 2.18. The first-order valence-corrected chi connectivity index (χ1v) is 8.51. The summed E-state index contributed by atoms with van der Waals surface area (Å²) in [6, 6.07) is 1.98. The molecule has 2 aromatic rings. The molecule has 6 heteroatoms. The number of carbonyl (C=O) groups is 1. The lowest BCUT2D eigenvalue weighted by Crippen LogP contribution is -2.29. The second-order valence-electron chi connectivity index (χ2n) is 5.99. The summed E-state index contributed by atoms with van der Waals surface area (Å²) >= 11 is 1.51. The molecule has 0 bridgehead atoms. The predicted molar refractivity (Wildman–Crippen MR) is 90.6 cm³/mol. The van der Waals surface area contributed by atoms with Gasteiger partial charge in [0, 0.05) is 25.5 Å². The molecule has 3 heterocycles. The Labute approximate surface area is 134 Å². The molecule has 0 aromatic carbocycles. The molecule has 0 radical (unpaired) electrons. The zero-order chi connectivity index (χ0) is 15.7. The van der Waals surface area contributed by atoms with Crippen LogP contribution in [-0.2, 0) is 7.05 Å². The molecule has 2 aromatic heterocycles. The number of amides is 1. The molecular formula is C16H22N4OS. The summed E-state index contributed by atoms with van der Waals surface area (Å²) in [6.07, 6.45) is 3.17. The topological polar surface area (TPSA) is 59.0 Å². The van der Waals surface area contributed by atoms with Gasteiger partial charge in [-0.1, -0.05) is 25.5 Å². The fourth-order valence-electron chi connectivity index (χ4n) is 2.72. The van der Waals surface area contributed by atoms with Crippen LogP contribution in [0.25, 0.3) is 10.2 Å². The first-order chi connectivity index (χ1) is 10.6. The Morgan fingerprint density at radius 1 is 1.55 bits per heavy atom. The Bertz CT molecular complexity index is 726. The maximum absolute atomic E-state index is 12.4. The molecule has 0 saturated heterocycles. The first kappa shape index (κ1) is 15.2. The van der Waals surface area contributed by atoms with E-state index >= 15 is 0 Å². The van der Waals surface area contributed by atoms with E-state index in [4.69, 9.17) is 0 Å². The average Bonchev–Trinajstić information content (AvgIpc) is 3.07. The second kappa shape index (κ2) is 6.22. The van der Waals surface area contributed by atoms with E-state index in [0.29, 0.717) is 12.5 Å². The minimum Gasteiger partial charge on any atom is -0.348 e. The summed E-state index contributed by atoms with van der Waals surface area (Å²) in [4.78, 5) is 14.2. The molecule has 1 aliphatic heterocycles. The largest absolute Gasteiger partial charge is 0.348 e. The molecule has 0 atom stereocenters. The van der Waals surface area contributed by atoms with Gasteiger partial charge in [0.25, 0.3) is 5.91 Å². The van der Waals surface area contributed by atoms with E-state index in [2.05, 4.69) is 35.7 Å². The number of hydrogen-bond acceptors (Lipinski definition) is 4. The van der Waals surface area contributed by atoms with Crippen LogP contribution < -0.4 is 10.6 Å². The molecule has 5 nitrogen and oxygen atoms in total. The maximum Gasteiger partial charge on any atom is 0.261 e. The van der Waals surface area contributed by atoms with E-state index in [1.54, 1.807) is 0 Å². The molecule has 1 amide bonds. The number of nitrogens with one attached hydrogen (secondary N) is 2. The Morgan fingerprint density at radius 3 is 3.05 bits per heavy atom. The number of carbonyl (C=O) groups excluding carboxylic acids is 1. The highest BCUT2D eigenvalue weighted by atomic mass is 32.1. The van der Waals surface area contributed by atoms with Crippen LogP contribution in [0.4, 0.5) is 0 Å². The van der Waals surface area contributed by atoms with Crippen LogP contribution in [0.1, 0.15) is 41.6 Å². The van der Waals surface area contributed by atoms with Gasteiger partial charge >= 0.3 is 0 Å². The minimum atomic E-state index is 0.00957. The zero-order valence-electron chi connectivity index (χ0n) is 13.3. The van der Waals surface area contributed by atoms with Gasteiger partial charge < -0.3 is 10.6 Å². The Kier molecular flexibility index (Phi) is 4.31. The van der Waals surface area contributed by atoms with Crippen molar-refractivity contribution in [2.75, 3.05) is 19.6 Å². The molecule has 2 N–H and O–H groups in total. The molecule has 22 heavy (non-hydrogen) atoms. The van der Waals surface area contributed by atoms with Crippen molar-refractivity contribution in [1.29, 1.82) is 0 Å². The predicted octanol–water partition coefficient (Wildman–Crippen LogP) is 2.41. The number of fused-ring (bicyclic) bond motifs is 1. The number of thiophene rings is 1. The lowest BCUT2D eigenvalue weighted by Gasteiger charge is -2.14. The molecule has 0 aliphatic carbocycles. The zero-order valence-corrected chi connectivity index (χ0v) is 14.1. The molecule has 0 saturated carbocycles. The third-order valence-electron chi connectivity index (χ3n) is 3.94. The van der Waals surface area contributed by atoms with Crippen LogP contribution in [0.3, 0.4) is 0 Å². The van der Waals surface area contributed by atoms with Crippen molar-refractivity contribution in [2.45, 2.75) is 26.2 Å². The van der Waals surface area contributed by atoms with Crippen molar-refractivity contribution in [1.82, 2.24) is 20.4 Å². The molecule has 3 rings (SSSR count). The van der Waals surface area contributed by atoms with Crippen LogP contribution in [0.15, 0.2) is 17.7 Å². The SMILES string of the molecule is CC(C)c1nn(C)c2sc(C(=O)NCC3=CCNCC3)cc12. The smallest absolute Gasteiger partial charge is 0.261 e. The third kappa shape index (κ3) is 2.94. The quantitative estimate of drug-likeness (QED) is 0.851. The first-order valence-electron chi connectivity index (χ1n) is 7.69. The van der Waals surface area contributed by atoms with Gasteiger partial charge in [-0.3, -0.25) is 9.48 Å². The van der Waals surface area contributed by atoms with Crippen LogP contribution in [0, 0.1) is 0 Å². The fourth-order valence-corrected chi connectivity index (χ4v) is 3.71. The molecule has 0 spiro atoms. The van der Waals surface area contributed by atoms with Crippen molar-refractivity contribution in [3.63, 3.8) is 0 Å². The number of aromatic nitrogens is 2. The standard InChI is InChI=1S/C16H22N4OS/c1-10(2)14-12-8-13(22-16(12)20(3)19-14)15(21)18-9-11-4-6-17-7-5-11/h4,8,10,17H,5-7,9H2,1-3H3,(H,18,21). The summed E-state index contributed by atoms with van der Waals surface area (Å²) in [5.74, 6) is 0.365. The van der Waals surface area contributed by atoms with Crippen molar-refractivity contribution in [2.24, 2.45) is 7.05 Å². The molecular weight excluding hydrogens is 296 g/mol. The van der Waals surface area contributed by atoms with Crippen molar-refractivity contribution in [3.8, 4) is 0 Å². The molecule has 118 valence electrons. The van der Waals surface area contributed by atoms with E-state index in [9.17, 15) is 4.79 Å². The van der Waals surface area contributed by atoms with Gasteiger partial charge in [0.15, 0.2) is 0 Å². The summed E-state index contributed by atoms with van der Waals surface area (Å²) in [5.41, 5.74) is 2.37. The van der Waals surface area contributed by atoms with Gasteiger partial charge in [0.2, 0.25) is 0 Å². The van der Waals surface area contributed by atoms with E-state index < -0.39 is 0 Å². The number of aryl methyl sites for hydroxylation is 1. The Hall–Kier alpha value is -1.66. The molecule has 1 aliphatic rings. The second-order valence-corrected chi connectivity index (χ2v) is 7.02. The van der Waals surface area contributed by atoms with Crippen molar-refractivity contribution >= 4 is 27.5 Å². The van der Waals surface area contributed by atoms with E-state index in [1.165, 1.54) is 16.9 Å². The van der Waals surface area contributed by atoms with Gasteiger partial charge in [-0.15, -0.1) is 11.3 Å². The van der Waals surface area contributed by atoms with E-state index in [0.717, 1.165) is 40.3 Å². The average molecular weight is 318 g/mol. The van der Waals surface area contributed by atoms with E-state index in [1.807, 2.05) is 17.8 Å². The third-order valence-corrected chi connectivity index (χ3v) is 5.15. The fraction of sp³-hybridized carbons (Fsp3) is 0.500. The highest BCUT2D eigenvalue weighted by molar-refractivity contribution is 7.20. The lowest BCUT2D eigenvalue weighted by atomic mass is 10.1. The van der Waals surface area contributed by atoms with Crippen LogP contribution in [0.5, 0.6) is 0 Å². The van der Waals surface area contributed by atoms with Crippen molar-refractivity contribution in [3.05, 3.63) is 28.3 Å². The molecule has 0 unspecified atom stereocenters. The Balaban J connectivity index is 1.76. The summed E-state index contributed by atoms with van der Waals surface area (Å²) in [6.45, 7) is 6.79. The van der Waals surface area contributed by atoms with Crippen LogP contribution in [0.2, 0.25) is 0 Å². The monoisotopic (exact) mass is 318 g/mol. The minimum absolute atomic E-state index is 0.00957. The summed E-state index contributed by atoms with van der Waals surface area (Å²) < 4.78 is 1.88. The van der Waals surface area contributed by atoms with Crippen LogP contribution >= 0.6 is 11.3 Å². The lowest BCUT2D eigenvalue weighted by molar-refractivity contribution is 0.0960. The Morgan fingerprint density at radius 2 is 2.36 bits per heavy atom. The van der Waals surface area contributed by atoms with Crippen LogP contribution in [-0.4, -0.2) is 35.3 Å². The number of hydrogen-bond donors (Lipinski definition) is 2. The van der Waals surface area contributed by atoms with Gasteiger partial charge in [-0.2, -0.15) is 5.10 Å². The number of rotatable bonds is 4. The van der Waals surface area contributed by atoms with Crippen molar-refractivity contribution < 1.29 is 4.79 Å². The molecule has 0 fully saturated rings. The summed E-state index contributed by atoms with van der Waals surface area (Å²) in [7, 11) is 1.94.